The fraction of sp³-hybridized carbons (Fsp3) is 0.320. The minimum atomic E-state index is -0.540. The lowest BCUT2D eigenvalue weighted by molar-refractivity contribution is -0.122. The van der Waals surface area contributed by atoms with Crippen molar-refractivity contribution in [3.05, 3.63) is 58.1 Å². The maximum Gasteiger partial charge on any atom is 0.270 e. The van der Waals surface area contributed by atoms with Crippen molar-refractivity contribution in [2.75, 3.05) is 24.0 Å². The van der Waals surface area contributed by atoms with Crippen LogP contribution in [0.3, 0.4) is 0 Å². The van der Waals surface area contributed by atoms with Gasteiger partial charge in [-0.2, -0.15) is 0 Å². The van der Waals surface area contributed by atoms with E-state index in [2.05, 4.69) is 38.0 Å². The van der Waals surface area contributed by atoms with E-state index < -0.39 is 11.8 Å². The molecule has 0 radical (unpaired) electrons. The highest BCUT2D eigenvalue weighted by Gasteiger charge is 2.37. The number of ether oxygens (including phenoxy) is 1. The molecule has 8 heteroatoms. The summed E-state index contributed by atoms with van der Waals surface area (Å²) in [5, 5.41) is 3.18. The molecular weight excluding hydrogens is 458 g/mol. The molecule has 0 aliphatic carbocycles. The third kappa shape index (κ3) is 4.11. The van der Waals surface area contributed by atoms with Gasteiger partial charge < -0.3 is 9.64 Å². The summed E-state index contributed by atoms with van der Waals surface area (Å²) in [7, 11) is 3.66. The number of anilines is 2. The van der Waals surface area contributed by atoms with Gasteiger partial charge in [0.15, 0.2) is 5.11 Å². The normalized spacial score (nSPS) is 21.2. The Hall–Kier alpha value is -2.90. The Morgan fingerprint density at radius 2 is 1.88 bits per heavy atom. The van der Waals surface area contributed by atoms with Crippen molar-refractivity contribution in [3.8, 4) is 5.75 Å². The number of halogens is 1. The largest absolute Gasteiger partial charge is 0.496 e. The molecule has 33 heavy (non-hydrogen) atoms. The van der Waals surface area contributed by atoms with Gasteiger partial charge in [-0.1, -0.05) is 18.5 Å². The molecule has 0 saturated carbocycles. The zero-order valence-corrected chi connectivity index (χ0v) is 20.8. The van der Waals surface area contributed by atoms with Crippen LogP contribution in [0.15, 0.2) is 42.0 Å². The van der Waals surface area contributed by atoms with E-state index >= 15 is 0 Å². The number of fused-ring (bicyclic) bond motifs is 1. The van der Waals surface area contributed by atoms with Gasteiger partial charge >= 0.3 is 0 Å². The Bertz CT molecular complexity index is 1190. The highest BCUT2D eigenvalue weighted by molar-refractivity contribution is 7.80. The van der Waals surface area contributed by atoms with Gasteiger partial charge in [0, 0.05) is 34.9 Å². The smallest absolute Gasteiger partial charge is 0.270 e. The summed E-state index contributed by atoms with van der Waals surface area (Å²) in [5.74, 6) is -0.147. The summed E-state index contributed by atoms with van der Waals surface area (Å²) in [6.45, 7) is 6.62. The van der Waals surface area contributed by atoms with Crippen LogP contribution in [0, 0.1) is 0 Å². The van der Waals surface area contributed by atoms with Crippen LogP contribution in [-0.4, -0.2) is 36.6 Å². The summed E-state index contributed by atoms with van der Waals surface area (Å²) in [5.41, 5.74) is 3.41. The molecule has 0 spiro atoms. The Labute approximate surface area is 204 Å². The third-order valence-electron chi connectivity index (χ3n) is 6.47. The van der Waals surface area contributed by atoms with Crippen LogP contribution in [0.4, 0.5) is 11.4 Å². The lowest BCUT2D eigenvalue weighted by Gasteiger charge is -2.45. The number of hydrogen-bond acceptors (Lipinski definition) is 5. The zero-order valence-electron chi connectivity index (χ0n) is 19.2. The van der Waals surface area contributed by atoms with Crippen molar-refractivity contribution in [1.29, 1.82) is 0 Å². The van der Waals surface area contributed by atoms with Crippen molar-refractivity contribution in [2.45, 2.75) is 38.6 Å². The van der Waals surface area contributed by atoms with Gasteiger partial charge in [0.1, 0.15) is 11.3 Å². The molecule has 1 fully saturated rings. The maximum absolute atomic E-state index is 13.4. The van der Waals surface area contributed by atoms with Crippen molar-refractivity contribution in [3.63, 3.8) is 0 Å². The number of carbonyl (C=O) groups excluding carboxylic acids is 2. The third-order valence-corrected chi connectivity index (χ3v) is 7.01. The van der Waals surface area contributed by atoms with Crippen LogP contribution in [0.2, 0.25) is 5.02 Å². The first kappa shape index (κ1) is 23.3. The number of carbonyl (C=O) groups is 2. The molecule has 1 atom stereocenters. The summed E-state index contributed by atoms with van der Waals surface area (Å²) in [6, 6.07) is 10.7. The van der Waals surface area contributed by atoms with E-state index in [0.717, 1.165) is 17.7 Å². The fourth-order valence-electron chi connectivity index (χ4n) is 4.54. The van der Waals surface area contributed by atoms with Gasteiger partial charge in [0.2, 0.25) is 0 Å². The average molecular weight is 484 g/mol. The van der Waals surface area contributed by atoms with E-state index in [-0.39, 0.29) is 16.2 Å². The zero-order chi connectivity index (χ0) is 24.1. The van der Waals surface area contributed by atoms with E-state index in [1.54, 1.807) is 37.5 Å². The van der Waals surface area contributed by atoms with E-state index in [1.807, 2.05) is 12.1 Å². The van der Waals surface area contributed by atoms with Crippen LogP contribution in [0.25, 0.3) is 6.08 Å². The minimum absolute atomic E-state index is 0.00536. The molecule has 2 aliphatic rings. The molecule has 2 amide bonds. The predicted molar refractivity (Wildman–Crippen MR) is 136 cm³/mol. The second-order valence-electron chi connectivity index (χ2n) is 9.06. The van der Waals surface area contributed by atoms with E-state index in [9.17, 15) is 9.59 Å². The number of nitrogens with zero attached hydrogens (tertiary/aromatic N) is 2. The Kier molecular flexibility index (Phi) is 5.97. The first-order valence-corrected chi connectivity index (χ1v) is 11.4. The van der Waals surface area contributed by atoms with Crippen LogP contribution in [0.5, 0.6) is 5.75 Å². The van der Waals surface area contributed by atoms with E-state index in [4.69, 9.17) is 28.6 Å². The van der Waals surface area contributed by atoms with Crippen LogP contribution >= 0.6 is 23.8 Å². The molecule has 2 heterocycles. The predicted octanol–water partition coefficient (Wildman–Crippen LogP) is 4.90. The molecule has 4 rings (SSSR count). The van der Waals surface area contributed by atoms with Gasteiger partial charge in [-0.15, -0.1) is 0 Å². The molecule has 2 aliphatic heterocycles. The minimum Gasteiger partial charge on any atom is -0.496 e. The molecule has 2 aromatic carbocycles. The van der Waals surface area contributed by atoms with Crippen molar-refractivity contribution >= 4 is 58.2 Å². The fourth-order valence-corrected chi connectivity index (χ4v) is 4.95. The van der Waals surface area contributed by atoms with Crippen LogP contribution in [0.1, 0.15) is 44.2 Å². The molecular formula is C25H26ClN3O3S. The quantitative estimate of drug-likeness (QED) is 0.382. The second-order valence-corrected chi connectivity index (χ2v) is 9.89. The lowest BCUT2D eigenvalue weighted by atomic mass is 9.79. The number of amides is 2. The maximum atomic E-state index is 13.4. The van der Waals surface area contributed by atoms with Gasteiger partial charge in [0.05, 0.1) is 12.8 Å². The second kappa shape index (κ2) is 8.47. The monoisotopic (exact) mass is 483 g/mol. The van der Waals surface area contributed by atoms with Crippen molar-refractivity contribution in [2.24, 2.45) is 0 Å². The molecule has 6 nitrogen and oxygen atoms in total. The molecule has 1 unspecified atom stereocenters. The van der Waals surface area contributed by atoms with Crippen LogP contribution < -0.4 is 19.9 Å². The Balaban J connectivity index is 1.80. The molecule has 172 valence electrons. The van der Waals surface area contributed by atoms with Crippen LogP contribution in [-0.2, 0) is 9.59 Å². The van der Waals surface area contributed by atoms with Gasteiger partial charge in [-0.3, -0.25) is 19.8 Å². The number of methoxy groups -OCH3 is 1. The number of hydrogen-bond donors (Lipinski definition) is 1. The topological polar surface area (TPSA) is 61.9 Å². The molecule has 1 N–H and O–H groups in total. The number of benzene rings is 2. The van der Waals surface area contributed by atoms with E-state index in [0.29, 0.717) is 27.9 Å². The highest BCUT2D eigenvalue weighted by Crippen LogP contribution is 2.45. The summed E-state index contributed by atoms with van der Waals surface area (Å²) in [6.07, 6.45) is 2.56. The van der Waals surface area contributed by atoms with Crippen molar-refractivity contribution < 1.29 is 14.3 Å². The standard InChI is InChI=1S/C25H26ClN3O3S/c1-14-13-25(2,3)28(4)20-12-21(32-5)15(10-18(14)20)11-19-22(30)27-24(33)29(23(19)31)17-8-6-16(26)7-9-17/h6-12,14H,13H2,1-5H3,(H,27,30,33)/b19-11-. The molecule has 0 bridgehead atoms. The molecule has 2 aromatic rings. The first-order chi connectivity index (χ1) is 15.5. The molecule has 1 saturated heterocycles. The molecule has 0 aromatic heterocycles. The lowest BCUT2D eigenvalue weighted by Crippen LogP contribution is -2.54. The summed E-state index contributed by atoms with van der Waals surface area (Å²) >= 11 is 11.3. The van der Waals surface area contributed by atoms with Crippen molar-refractivity contribution in [1.82, 2.24) is 5.32 Å². The average Bonchev–Trinajstić information content (AvgIpc) is 2.75. The number of thiocarbonyl (C=S) groups is 1. The van der Waals surface area contributed by atoms with E-state index in [1.165, 1.54) is 4.90 Å². The summed E-state index contributed by atoms with van der Waals surface area (Å²) < 4.78 is 5.65. The number of rotatable bonds is 3. The highest BCUT2D eigenvalue weighted by atomic mass is 35.5. The van der Waals surface area contributed by atoms with Gasteiger partial charge in [-0.05, 0) is 80.4 Å². The Morgan fingerprint density at radius 3 is 2.52 bits per heavy atom. The Morgan fingerprint density at radius 1 is 1.21 bits per heavy atom. The SMILES string of the molecule is COc1cc2c(cc1/C=C1/C(=O)NC(=S)N(c3ccc(Cl)cc3)C1=O)C(C)CC(C)(C)N2C. The van der Waals surface area contributed by atoms with Gasteiger partial charge in [-0.25, -0.2) is 0 Å². The summed E-state index contributed by atoms with van der Waals surface area (Å²) in [4.78, 5) is 29.7. The van der Waals surface area contributed by atoms with Gasteiger partial charge in [0.25, 0.3) is 11.8 Å². The number of nitrogens with one attached hydrogen (secondary N) is 1. The first-order valence-electron chi connectivity index (χ1n) is 10.7.